The zero-order valence-electron chi connectivity index (χ0n) is 17.6. The molecule has 0 saturated heterocycles. The largest absolute Gasteiger partial charge is 0.478 e. The lowest BCUT2D eigenvalue weighted by Gasteiger charge is -2.14. The number of ether oxygens (including phenoxy) is 1. The second-order valence-electron chi connectivity index (χ2n) is 7.52. The molecule has 0 aliphatic heterocycles. The molecule has 3 aromatic carbocycles. The average molecular weight is 461 g/mol. The van der Waals surface area contributed by atoms with E-state index in [9.17, 15) is 14.7 Å². The van der Waals surface area contributed by atoms with Gasteiger partial charge in [-0.15, -0.1) is 0 Å². The number of carbonyl (C=O) groups excluding carboxylic acids is 1. The Labute approximate surface area is 196 Å². The van der Waals surface area contributed by atoms with Crippen molar-refractivity contribution in [1.29, 1.82) is 0 Å². The van der Waals surface area contributed by atoms with Gasteiger partial charge < -0.3 is 20.9 Å². The molecule has 1 amide bonds. The minimum absolute atomic E-state index is 0.00261. The molecule has 0 bridgehead atoms. The summed E-state index contributed by atoms with van der Waals surface area (Å²) in [4.78, 5) is 23.4. The molecule has 6 nitrogen and oxygen atoms in total. The summed E-state index contributed by atoms with van der Waals surface area (Å²) >= 11 is 5.94. The third kappa shape index (κ3) is 4.79. The Balaban J connectivity index is 1.31. The number of anilines is 1. The van der Waals surface area contributed by atoms with Crippen LogP contribution in [0.25, 0.3) is 11.1 Å². The van der Waals surface area contributed by atoms with Crippen LogP contribution < -0.4 is 11.1 Å². The molecule has 166 valence electrons. The minimum Gasteiger partial charge on any atom is -0.478 e. The second-order valence-corrected chi connectivity index (χ2v) is 7.96. The quantitative estimate of drug-likeness (QED) is 0.285. The Morgan fingerprint density at radius 2 is 1.70 bits per heavy atom. The molecule has 0 heterocycles. The summed E-state index contributed by atoms with van der Waals surface area (Å²) in [5, 5.41) is 12.1. The number of carboxylic acid groups (broad SMARTS) is 1. The second kappa shape index (κ2) is 9.68. The zero-order valence-corrected chi connectivity index (χ0v) is 18.4. The molecule has 3 aromatic rings. The van der Waals surface area contributed by atoms with Gasteiger partial charge in [0.2, 0.25) is 0 Å². The molecule has 0 atom stereocenters. The van der Waals surface area contributed by atoms with Crippen molar-refractivity contribution in [1.82, 2.24) is 5.32 Å². The van der Waals surface area contributed by atoms with Gasteiger partial charge in [-0.25, -0.2) is 9.59 Å². The number of nitrogen functional groups attached to an aromatic ring is 1. The van der Waals surface area contributed by atoms with Crippen molar-refractivity contribution >= 4 is 29.4 Å². The van der Waals surface area contributed by atoms with Gasteiger partial charge in [-0.1, -0.05) is 72.0 Å². The molecular formula is C26H21ClN2O4. The van der Waals surface area contributed by atoms with E-state index >= 15 is 0 Å². The fourth-order valence-corrected chi connectivity index (χ4v) is 4.15. The number of carbonyl (C=O) groups is 2. The molecule has 0 aromatic heterocycles. The maximum Gasteiger partial charge on any atom is 0.407 e. The van der Waals surface area contributed by atoms with Gasteiger partial charge in [-0.3, -0.25) is 0 Å². The number of halogens is 1. The van der Waals surface area contributed by atoms with E-state index < -0.39 is 12.1 Å². The first-order chi connectivity index (χ1) is 16.0. The van der Waals surface area contributed by atoms with Gasteiger partial charge >= 0.3 is 12.1 Å². The van der Waals surface area contributed by atoms with Crippen molar-refractivity contribution in [3.63, 3.8) is 0 Å². The van der Waals surface area contributed by atoms with E-state index in [-0.39, 0.29) is 35.3 Å². The molecule has 0 unspecified atom stereocenters. The van der Waals surface area contributed by atoms with Crippen molar-refractivity contribution in [3.8, 4) is 23.0 Å². The predicted molar refractivity (Wildman–Crippen MR) is 127 cm³/mol. The molecule has 4 N–H and O–H groups in total. The van der Waals surface area contributed by atoms with Crippen molar-refractivity contribution in [2.24, 2.45) is 0 Å². The zero-order chi connectivity index (χ0) is 23.4. The average Bonchev–Trinajstić information content (AvgIpc) is 3.13. The maximum absolute atomic E-state index is 12.2. The van der Waals surface area contributed by atoms with Crippen LogP contribution in [0.3, 0.4) is 0 Å². The molecule has 0 fully saturated rings. The minimum atomic E-state index is -1.17. The summed E-state index contributed by atoms with van der Waals surface area (Å²) in [5.41, 5.74) is 10.8. The Hall–Kier alpha value is -3.95. The standard InChI is InChI=1S/C26H21ClN2O4/c27-17-13-16(24(28)22(14-17)25(30)31)7-5-6-12-29-26(32)33-15-23-20-10-3-1-8-18(20)19-9-2-4-11-21(19)23/h1-4,8-11,13-14,23H,6,12,15,28H2,(H,29,32)(H,30,31). The Kier molecular flexibility index (Phi) is 6.53. The SMILES string of the molecule is Nc1c(C#CCCNC(=O)OCC2c3ccccc3-c3ccccc32)cc(Cl)cc1C(=O)O. The van der Waals surface area contributed by atoms with Crippen LogP contribution in [0.1, 0.15) is 39.4 Å². The molecule has 0 spiro atoms. The number of rotatable bonds is 5. The highest BCUT2D eigenvalue weighted by Gasteiger charge is 2.28. The Bertz CT molecular complexity index is 1250. The molecule has 33 heavy (non-hydrogen) atoms. The van der Waals surface area contributed by atoms with Gasteiger partial charge in [0.25, 0.3) is 0 Å². The fraction of sp³-hybridized carbons (Fsp3) is 0.154. The molecule has 7 heteroatoms. The summed E-state index contributed by atoms with van der Waals surface area (Å²) in [5.74, 6) is 4.50. The lowest BCUT2D eigenvalue weighted by atomic mass is 9.98. The van der Waals surface area contributed by atoms with Crippen molar-refractivity contribution in [2.75, 3.05) is 18.9 Å². The van der Waals surface area contributed by atoms with Gasteiger partial charge in [-0.2, -0.15) is 0 Å². The molecule has 0 radical (unpaired) electrons. The van der Waals surface area contributed by atoms with Gasteiger partial charge in [0.1, 0.15) is 6.61 Å². The van der Waals surface area contributed by atoms with Crippen LogP contribution in [0, 0.1) is 11.8 Å². The molecule has 1 aliphatic carbocycles. The van der Waals surface area contributed by atoms with Gasteiger partial charge in [0.05, 0.1) is 11.3 Å². The first-order valence-corrected chi connectivity index (χ1v) is 10.7. The molecule has 1 aliphatic rings. The van der Waals surface area contributed by atoms with E-state index in [0.29, 0.717) is 12.0 Å². The number of nitrogens with one attached hydrogen (secondary N) is 1. The fourth-order valence-electron chi connectivity index (χ4n) is 3.93. The van der Waals surface area contributed by atoms with Crippen LogP contribution >= 0.6 is 11.6 Å². The van der Waals surface area contributed by atoms with Crippen molar-refractivity contribution < 1.29 is 19.4 Å². The first-order valence-electron chi connectivity index (χ1n) is 10.4. The first kappa shape index (κ1) is 22.3. The highest BCUT2D eigenvalue weighted by molar-refractivity contribution is 6.31. The van der Waals surface area contributed by atoms with Crippen LogP contribution in [0.2, 0.25) is 5.02 Å². The van der Waals surface area contributed by atoms with E-state index in [0.717, 1.165) is 11.1 Å². The van der Waals surface area contributed by atoms with E-state index in [4.69, 9.17) is 22.1 Å². The lowest BCUT2D eigenvalue weighted by molar-refractivity contribution is 0.0698. The van der Waals surface area contributed by atoms with E-state index in [1.165, 1.54) is 23.3 Å². The van der Waals surface area contributed by atoms with Crippen LogP contribution in [0.4, 0.5) is 10.5 Å². The summed E-state index contributed by atoms with van der Waals surface area (Å²) in [7, 11) is 0. The summed E-state index contributed by atoms with van der Waals surface area (Å²) < 4.78 is 5.48. The lowest BCUT2D eigenvalue weighted by Crippen LogP contribution is -2.26. The summed E-state index contributed by atoms with van der Waals surface area (Å²) in [6.45, 7) is 0.512. The normalized spacial score (nSPS) is 11.7. The number of nitrogens with two attached hydrogens (primary N) is 1. The van der Waals surface area contributed by atoms with E-state index in [1.807, 2.05) is 24.3 Å². The smallest absolute Gasteiger partial charge is 0.407 e. The Morgan fingerprint density at radius 1 is 1.06 bits per heavy atom. The van der Waals surface area contributed by atoms with Crippen LogP contribution in [-0.2, 0) is 4.74 Å². The topological polar surface area (TPSA) is 102 Å². The number of hydrogen-bond donors (Lipinski definition) is 3. The highest BCUT2D eigenvalue weighted by atomic mass is 35.5. The van der Waals surface area contributed by atoms with Crippen molar-refractivity contribution in [2.45, 2.75) is 12.3 Å². The number of hydrogen-bond acceptors (Lipinski definition) is 4. The molecule has 4 rings (SSSR count). The van der Waals surface area contributed by atoms with E-state index in [1.54, 1.807) is 0 Å². The van der Waals surface area contributed by atoms with Gasteiger partial charge in [-0.05, 0) is 34.4 Å². The maximum atomic E-state index is 12.2. The van der Waals surface area contributed by atoms with Crippen molar-refractivity contribution in [3.05, 3.63) is 87.9 Å². The number of benzene rings is 3. The number of fused-ring (bicyclic) bond motifs is 3. The number of aromatic carboxylic acids is 1. The third-order valence-corrected chi connectivity index (χ3v) is 5.68. The number of amides is 1. The van der Waals surface area contributed by atoms with Crippen LogP contribution in [-0.4, -0.2) is 30.3 Å². The number of carboxylic acids is 1. The van der Waals surface area contributed by atoms with E-state index in [2.05, 4.69) is 41.4 Å². The van der Waals surface area contributed by atoms with Gasteiger partial charge in [0, 0.05) is 29.5 Å². The predicted octanol–water partition coefficient (Wildman–Crippen LogP) is 4.90. The number of alkyl carbamates (subject to hydrolysis) is 1. The Morgan fingerprint density at radius 3 is 2.33 bits per heavy atom. The van der Waals surface area contributed by atoms with Crippen LogP contribution in [0.5, 0.6) is 0 Å². The van der Waals surface area contributed by atoms with Gasteiger partial charge in [0.15, 0.2) is 0 Å². The van der Waals surface area contributed by atoms with Crippen LogP contribution in [0.15, 0.2) is 60.7 Å². The molecule has 0 saturated carbocycles. The summed E-state index contributed by atoms with van der Waals surface area (Å²) in [6, 6.07) is 19.1. The monoisotopic (exact) mass is 460 g/mol. The highest BCUT2D eigenvalue weighted by Crippen LogP contribution is 2.44. The molecular weight excluding hydrogens is 440 g/mol. The summed E-state index contributed by atoms with van der Waals surface area (Å²) in [6.07, 6.45) is -0.187. The third-order valence-electron chi connectivity index (χ3n) is 5.46.